The average molecular weight is 407 g/mol. The van der Waals surface area contributed by atoms with E-state index in [1.54, 1.807) is 18.1 Å². The standard InChI is InChI=1S/C19H23BrN2O3/c1-4-24-17-10-14(16(20)12-18(17)25-5-2)11-19(23)22(3)13-15-8-6-7-9-21-15/h6-10,12H,4-5,11,13H2,1-3H3. The second-order valence-corrected chi connectivity index (χ2v) is 6.36. The molecule has 1 aromatic heterocycles. The molecule has 0 bridgehead atoms. The van der Waals surface area contributed by atoms with Gasteiger partial charge in [-0.2, -0.15) is 0 Å². The van der Waals surface area contributed by atoms with Gasteiger partial charge in [-0.05, 0) is 43.7 Å². The van der Waals surface area contributed by atoms with Gasteiger partial charge < -0.3 is 14.4 Å². The van der Waals surface area contributed by atoms with Gasteiger partial charge in [-0.3, -0.25) is 9.78 Å². The van der Waals surface area contributed by atoms with E-state index < -0.39 is 0 Å². The number of nitrogens with zero attached hydrogens (tertiary/aromatic N) is 2. The first kappa shape index (κ1) is 19.2. The van der Waals surface area contributed by atoms with Crippen LogP contribution in [-0.2, 0) is 17.8 Å². The Hall–Kier alpha value is -2.08. The lowest BCUT2D eigenvalue weighted by Crippen LogP contribution is -2.28. The van der Waals surface area contributed by atoms with Crippen LogP contribution in [0.25, 0.3) is 0 Å². The molecule has 0 spiro atoms. The van der Waals surface area contributed by atoms with E-state index in [1.165, 1.54) is 0 Å². The Balaban J connectivity index is 2.12. The van der Waals surface area contributed by atoms with Gasteiger partial charge in [-0.25, -0.2) is 0 Å². The van der Waals surface area contributed by atoms with Crippen LogP contribution in [0.5, 0.6) is 11.5 Å². The van der Waals surface area contributed by atoms with Crippen LogP contribution in [0.15, 0.2) is 41.0 Å². The van der Waals surface area contributed by atoms with Crippen molar-refractivity contribution in [3.8, 4) is 11.5 Å². The predicted molar refractivity (Wildman–Crippen MR) is 101 cm³/mol. The number of hydrogen-bond donors (Lipinski definition) is 0. The van der Waals surface area contributed by atoms with Gasteiger partial charge in [-0.1, -0.05) is 22.0 Å². The molecule has 5 nitrogen and oxygen atoms in total. The number of halogens is 1. The predicted octanol–water partition coefficient (Wildman–Crippen LogP) is 3.84. The Morgan fingerprint density at radius 1 is 1.16 bits per heavy atom. The Kier molecular flexibility index (Phi) is 7.25. The summed E-state index contributed by atoms with van der Waals surface area (Å²) in [6.45, 7) is 5.41. The Labute approximate surface area is 157 Å². The van der Waals surface area contributed by atoms with Gasteiger partial charge in [0.05, 0.1) is 31.9 Å². The van der Waals surface area contributed by atoms with Crippen molar-refractivity contribution in [3.05, 3.63) is 52.3 Å². The second-order valence-electron chi connectivity index (χ2n) is 5.50. The van der Waals surface area contributed by atoms with Crippen LogP contribution in [0.4, 0.5) is 0 Å². The average Bonchev–Trinajstić information content (AvgIpc) is 2.60. The van der Waals surface area contributed by atoms with Crippen molar-refractivity contribution in [1.29, 1.82) is 0 Å². The van der Waals surface area contributed by atoms with E-state index in [1.807, 2.05) is 44.2 Å². The SMILES string of the molecule is CCOc1cc(Br)c(CC(=O)N(C)Cc2ccccn2)cc1OCC. The molecule has 0 atom stereocenters. The molecular formula is C19H23BrN2O3. The molecule has 2 rings (SSSR count). The fourth-order valence-corrected chi connectivity index (χ4v) is 2.83. The number of rotatable bonds is 8. The number of aromatic nitrogens is 1. The molecule has 1 amide bonds. The number of likely N-dealkylation sites (N-methyl/N-ethyl adjacent to an activating group) is 1. The number of carbonyl (C=O) groups is 1. The van der Waals surface area contributed by atoms with E-state index in [-0.39, 0.29) is 12.3 Å². The molecule has 0 saturated heterocycles. The fraction of sp³-hybridized carbons (Fsp3) is 0.368. The van der Waals surface area contributed by atoms with Crippen LogP contribution in [-0.4, -0.2) is 36.1 Å². The summed E-state index contributed by atoms with van der Waals surface area (Å²) in [5.41, 5.74) is 1.73. The van der Waals surface area contributed by atoms with E-state index in [0.29, 0.717) is 31.3 Å². The topological polar surface area (TPSA) is 51.7 Å². The molecule has 0 unspecified atom stereocenters. The van der Waals surface area contributed by atoms with Crippen molar-refractivity contribution < 1.29 is 14.3 Å². The summed E-state index contributed by atoms with van der Waals surface area (Å²) in [4.78, 5) is 18.5. The first-order valence-corrected chi connectivity index (χ1v) is 9.06. The fourth-order valence-electron chi connectivity index (χ4n) is 2.37. The summed E-state index contributed by atoms with van der Waals surface area (Å²) in [5, 5.41) is 0. The summed E-state index contributed by atoms with van der Waals surface area (Å²) < 4.78 is 12.1. The molecular weight excluding hydrogens is 384 g/mol. The zero-order chi connectivity index (χ0) is 18.2. The van der Waals surface area contributed by atoms with Crippen molar-refractivity contribution >= 4 is 21.8 Å². The van der Waals surface area contributed by atoms with Crippen LogP contribution in [0.2, 0.25) is 0 Å². The monoisotopic (exact) mass is 406 g/mol. The van der Waals surface area contributed by atoms with Crippen molar-refractivity contribution in [1.82, 2.24) is 9.88 Å². The highest BCUT2D eigenvalue weighted by Gasteiger charge is 2.16. The number of hydrogen-bond acceptors (Lipinski definition) is 4. The highest BCUT2D eigenvalue weighted by Crippen LogP contribution is 2.34. The van der Waals surface area contributed by atoms with Crippen molar-refractivity contribution in [2.75, 3.05) is 20.3 Å². The molecule has 1 aromatic carbocycles. The van der Waals surface area contributed by atoms with Crippen molar-refractivity contribution in [3.63, 3.8) is 0 Å². The number of pyridine rings is 1. The molecule has 1 heterocycles. The smallest absolute Gasteiger partial charge is 0.227 e. The summed E-state index contributed by atoms with van der Waals surface area (Å²) >= 11 is 3.53. The number of ether oxygens (including phenoxy) is 2. The first-order chi connectivity index (χ1) is 12.0. The summed E-state index contributed by atoms with van der Waals surface area (Å²) in [6, 6.07) is 9.40. The molecule has 0 aliphatic carbocycles. The molecule has 0 N–H and O–H groups in total. The Morgan fingerprint density at radius 3 is 2.44 bits per heavy atom. The van der Waals surface area contributed by atoms with Crippen LogP contribution in [0, 0.1) is 0 Å². The summed E-state index contributed by atoms with van der Waals surface area (Å²) in [6.07, 6.45) is 2.00. The van der Waals surface area contributed by atoms with Gasteiger partial charge in [0.15, 0.2) is 11.5 Å². The zero-order valence-electron chi connectivity index (χ0n) is 14.8. The maximum absolute atomic E-state index is 12.6. The van der Waals surface area contributed by atoms with Gasteiger partial charge in [0.25, 0.3) is 0 Å². The first-order valence-electron chi connectivity index (χ1n) is 8.27. The lowest BCUT2D eigenvalue weighted by molar-refractivity contribution is -0.129. The maximum Gasteiger partial charge on any atom is 0.227 e. The van der Waals surface area contributed by atoms with Crippen LogP contribution in [0.3, 0.4) is 0 Å². The van der Waals surface area contributed by atoms with Crippen molar-refractivity contribution in [2.24, 2.45) is 0 Å². The summed E-state index contributed by atoms with van der Waals surface area (Å²) in [5.74, 6) is 1.34. The third-order valence-electron chi connectivity index (χ3n) is 3.61. The molecule has 0 fully saturated rings. The molecule has 0 aliphatic rings. The molecule has 0 saturated carbocycles. The minimum absolute atomic E-state index is 0.0120. The largest absolute Gasteiger partial charge is 0.490 e. The normalized spacial score (nSPS) is 10.4. The molecule has 0 aliphatic heterocycles. The van der Waals surface area contributed by atoms with E-state index in [4.69, 9.17) is 9.47 Å². The summed E-state index contributed by atoms with van der Waals surface area (Å²) in [7, 11) is 1.78. The molecule has 2 aromatic rings. The lowest BCUT2D eigenvalue weighted by atomic mass is 10.1. The van der Waals surface area contributed by atoms with Gasteiger partial charge in [0, 0.05) is 17.7 Å². The van der Waals surface area contributed by atoms with E-state index in [0.717, 1.165) is 15.7 Å². The van der Waals surface area contributed by atoms with E-state index in [9.17, 15) is 4.79 Å². The Morgan fingerprint density at radius 2 is 1.84 bits per heavy atom. The molecule has 6 heteroatoms. The van der Waals surface area contributed by atoms with Crippen LogP contribution >= 0.6 is 15.9 Å². The maximum atomic E-state index is 12.6. The minimum atomic E-state index is 0.0120. The zero-order valence-corrected chi connectivity index (χ0v) is 16.4. The van der Waals surface area contributed by atoms with Crippen LogP contribution < -0.4 is 9.47 Å². The number of amides is 1. The highest BCUT2D eigenvalue weighted by molar-refractivity contribution is 9.10. The molecule has 0 radical (unpaired) electrons. The minimum Gasteiger partial charge on any atom is -0.490 e. The quantitative estimate of drug-likeness (QED) is 0.667. The lowest BCUT2D eigenvalue weighted by Gasteiger charge is -2.18. The van der Waals surface area contributed by atoms with Gasteiger partial charge in [0.1, 0.15) is 0 Å². The van der Waals surface area contributed by atoms with Gasteiger partial charge >= 0.3 is 0 Å². The van der Waals surface area contributed by atoms with E-state index >= 15 is 0 Å². The third kappa shape index (κ3) is 5.46. The van der Waals surface area contributed by atoms with Gasteiger partial charge in [-0.15, -0.1) is 0 Å². The van der Waals surface area contributed by atoms with Gasteiger partial charge in [0.2, 0.25) is 5.91 Å². The molecule has 25 heavy (non-hydrogen) atoms. The number of benzene rings is 1. The van der Waals surface area contributed by atoms with Crippen LogP contribution in [0.1, 0.15) is 25.1 Å². The second kappa shape index (κ2) is 9.42. The number of carbonyl (C=O) groups excluding carboxylic acids is 1. The Bertz CT molecular complexity index is 707. The van der Waals surface area contributed by atoms with E-state index in [2.05, 4.69) is 20.9 Å². The van der Waals surface area contributed by atoms with Crippen molar-refractivity contribution in [2.45, 2.75) is 26.8 Å². The highest BCUT2D eigenvalue weighted by atomic mass is 79.9. The third-order valence-corrected chi connectivity index (χ3v) is 4.34. The molecule has 134 valence electrons.